The summed E-state index contributed by atoms with van der Waals surface area (Å²) in [6.45, 7) is 5.37. The number of benzene rings is 2. The normalized spacial score (nSPS) is 18.1. The number of piperazine rings is 1. The number of hydrogen-bond donors (Lipinski definition) is 0. The SMILES string of the molecule is O=C(CN1CCN(c2ccc(F)cc2)CC1)N1CC=C(c2ccccc2)CC1. The van der Waals surface area contributed by atoms with Crippen LogP contribution in [0.3, 0.4) is 0 Å². The lowest BCUT2D eigenvalue weighted by atomic mass is 9.99. The van der Waals surface area contributed by atoms with E-state index in [2.05, 4.69) is 40.1 Å². The van der Waals surface area contributed by atoms with Crippen LogP contribution in [-0.2, 0) is 4.79 Å². The molecule has 4 rings (SSSR count). The van der Waals surface area contributed by atoms with Crippen LogP contribution in [0.25, 0.3) is 5.57 Å². The second kappa shape index (κ2) is 8.57. The van der Waals surface area contributed by atoms with Crippen LogP contribution in [0.2, 0.25) is 0 Å². The van der Waals surface area contributed by atoms with Crippen LogP contribution in [0.15, 0.2) is 60.7 Å². The molecule has 2 aromatic rings. The summed E-state index contributed by atoms with van der Waals surface area (Å²) in [4.78, 5) is 19.1. The topological polar surface area (TPSA) is 26.8 Å². The van der Waals surface area contributed by atoms with Crippen molar-refractivity contribution in [3.8, 4) is 0 Å². The number of amides is 1. The van der Waals surface area contributed by atoms with Gasteiger partial charge in [0.1, 0.15) is 5.82 Å². The maximum absolute atomic E-state index is 13.1. The Morgan fingerprint density at radius 1 is 0.893 bits per heavy atom. The molecule has 1 fully saturated rings. The summed E-state index contributed by atoms with van der Waals surface area (Å²) in [6.07, 6.45) is 3.09. The first-order valence-corrected chi connectivity index (χ1v) is 9.94. The molecule has 2 aliphatic heterocycles. The van der Waals surface area contributed by atoms with Crippen LogP contribution in [0.4, 0.5) is 10.1 Å². The van der Waals surface area contributed by atoms with Crippen LogP contribution < -0.4 is 4.90 Å². The first kappa shape index (κ1) is 18.7. The monoisotopic (exact) mass is 379 g/mol. The van der Waals surface area contributed by atoms with Gasteiger partial charge in [0.2, 0.25) is 5.91 Å². The zero-order valence-corrected chi connectivity index (χ0v) is 16.1. The third-order valence-corrected chi connectivity index (χ3v) is 5.63. The fraction of sp³-hybridized carbons (Fsp3) is 0.348. The molecule has 1 saturated heterocycles. The molecule has 0 atom stereocenters. The molecule has 2 heterocycles. The van der Waals surface area contributed by atoms with Crippen molar-refractivity contribution in [2.45, 2.75) is 6.42 Å². The second-order valence-corrected chi connectivity index (χ2v) is 7.42. The van der Waals surface area contributed by atoms with Gasteiger partial charge in [-0.3, -0.25) is 9.69 Å². The van der Waals surface area contributed by atoms with Crippen molar-refractivity contribution < 1.29 is 9.18 Å². The molecular weight excluding hydrogens is 353 g/mol. The van der Waals surface area contributed by atoms with Gasteiger partial charge in [-0.15, -0.1) is 0 Å². The Balaban J connectivity index is 1.26. The molecule has 0 unspecified atom stereocenters. The van der Waals surface area contributed by atoms with Crippen LogP contribution in [0.1, 0.15) is 12.0 Å². The van der Waals surface area contributed by atoms with Gasteiger partial charge in [0.15, 0.2) is 0 Å². The van der Waals surface area contributed by atoms with E-state index in [1.165, 1.54) is 23.3 Å². The second-order valence-electron chi connectivity index (χ2n) is 7.42. The third-order valence-electron chi connectivity index (χ3n) is 5.63. The summed E-state index contributed by atoms with van der Waals surface area (Å²) in [6, 6.07) is 17.0. The molecule has 2 aromatic carbocycles. The first-order valence-electron chi connectivity index (χ1n) is 9.94. The average molecular weight is 379 g/mol. The molecule has 0 aliphatic carbocycles. The van der Waals surface area contributed by atoms with Crippen molar-refractivity contribution in [3.05, 3.63) is 72.1 Å². The maximum Gasteiger partial charge on any atom is 0.237 e. The summed E-state index contributed by atoms with van der Waals surface area (Å²) >= 11 is 0. The summed E-state index contributed by atoms with van der Waals surface area (Å²) in [5, 5.41) is 0. The molecular formula is C23H26FN3O. The van der Waals surface area contributed by atoms with E-state index in [-0.39, 0.29) is 11.7 Å². The molecule has 4 nitrogen and oxygen atoms in total. The Kier molecular flexibility index (Phi) is 5.72. The predicted octanol–water partition coefficient (Wildman–Crippen LogP) is 3.26. The lowest BCUT2D eigenvalue weighted by molar-refractivity contribution is -0.132. The summed E-state index contributed by atoms with van der Waals surface area (Å²) < 4.78 is 13.1. The van der Waals surface area contributed by atoms with Crippen LogP contribution >= 0.6 is 0 Å². The largest absolute Gasteiger partial charge is 0.369 e. The summed E-state index contributed by atoms with van der Waals surface area (Å²) in [5.74, 6) is -0.00224. The minimum atomic E-state index is -0.209. The zero-order valence-electron chi connectivity index (χ0n) is 16.1. The van der Waals surface area contributed by atoms with Gasteiger partial charge in [-0.1, -0.05) is 36.4 Å². The van der Waals surface area contributed by atoms with Gasteiger partial charge in [-0.05, 0) is 41.8 Å². The highest BCUT2D eigenvalue weighted by molar-refractivity contribution is 5.80. The lowest BCUT2D eigenvalue weighted by Gasteiger charge is -2.37. The summed E-state index contributed by atoms with van der Waals surface area (Å²) in [5.41, 5.74) is 3.63. The highest BCUT2D eigenvalue weighted by Gasteiger charge is 2.23. The molecule has 0 N–H and O–H groups in total. The Hall–Kier alpha value is -2.66. The molecule has 5 heteroatoms. The average Bonchev–Trinajstić information content (AvgIpc) is 2.76. The highest BCUT2D eigenvalue weighted by Crippen LogP contribution is 2.22. The highest BCUT2D eigenvalue weighted by atomic mass is 19.1. The molecule has 0 saturated carbocycles. The van der Waals surface area contributed by atoms with Gasteiger partial charge in [-0.2, -0.15) is 0 Å². The minimum absolute atomic E-state index is 0.207. The Morgan fingerprint density at radius 2 is 1.61 bits per heavy atom. The first-order chi connectivity index (χ1) is 13.7. The van der Waals surface area contributed by atoms with Gasteiger partial charge in [-0.25, -0.2) is 4.39 Å². The molecule has 146 valence electrons. The van der Waals surface area contributed by atoms with Crippen molar-refractivity contribution >= 4 is 17.2 Å². The maximum atomic E-state index is 13.1. The quantitative estimate of drug-likeness (QED) is 0.816. The molecule has 2 aliphatic rings. The minimum Gasteiger partial charge on any atom is -0.369 e. The van der Waals surface area contributed by atoms with E-state index in [1.807, 2.05) is 23.1 Å². The Bertz CT molecular complexity index is 827. The van der Waals surface area contributed by atoms with Crippen molar-refractivity contribution in [2.24, 2.45) is 0 Å². The van der Waals surface area contributed by atoms with E-state index >= 15 is 0 Å². The standard InChI is InChI=1S/C23H26FN3O/c24-21-6-8-22(9-7-21)26-16-14-25(15-17-26)18-23(28)27-12-10-20(11-13-27)19-4-2-1-3-5-19/h1-10H,11-18H2. The molecule has 0 bridgehead atoms. The van der Waals surface area contributed by atoms with Gasteiger partial charge in [0, 0.05) is 45.0 Å². The Morgan fingerprint density at radius 3 is 2.25 bits per heavy atom. The number of nitrogens with zero attached hydrogens (tertiary/aromatic N) is 3. The lowest BCUT2D eigenvalue weighted by Crippen LogP contribution is -2.50. The predicted molar refractivity (Wildman–Crippen MR) is 111 cm³/mol. The van der Waals surface area contributed by atoms with E-state index in [4.69, 9.17) is 0 Å². The number of halogens is 1. The number of rotatable bonds is 4. The van der Waals surface area contributed by atoms with Crippen molar-refractivity contribution in [2.75, 3.05) is 50.7 Å². The van der Waals surface area contributed by atoms with E-state index < -0.39 is 0 Å². The Labute approximate surface area is 165 Å². The van der Waals surface area contributed by atoms with E-state index in [9.17, 15) is 9.18 Å². The number of carbonyl (C=O) groups excluding carboxylic acids is 1. The van der Waals surface area contributed by atoms with Crippen molar-refractivity contribution in [3.63, 3.8) is 0 Å². The van der Waals surface area contributed by atoms with Gasteiger partial charge < -0.3 is 9.80 Å². The van der Waals surface area contributed by atoms with Crippen LogP contribution in [0, 0.1) is 5.82 Å². The fourth-order valence-electron chi connectivity index (χ4n) is 3.92. The third kappa shape index (κ3) is 4.42. The molecule has 28 heavy (non-hydrogen) atoms. The van der Waals surface area contributed by atoms with E-state index in [1.54, 1.807) is 0 Å². The van der Waals surface area contributed by atoms with Crippen molar-refractivity contribution in [1.29, 1.82) is 0 Å². The van der Waals surface area contributed by atoms with Crippen LogP contribution in [0.5, 0.6) is 0 Å². The molecule has 1 amide bonds. The fourth-order valence-corrected chi connectivity index (χ4v) is 3.92. The summed E-state index contributed by atoms with van der Waals surface area (Å²) in [7, 11) is 0. The van der Waals surface area contributed by atoms with Gasteiger partial charge >= 0.3 is 0 Å². The molecule has 0 aromatic heterocycles. The number of anilines is 1. The molecule has 0 radical (unpaired) electrons. The zero-order chi connectivity index (χ0) is 19.3. The van der Waals surface area contributed by atoms with E-state index in [0.29, 0.717) is 13.1 Å². The van der Waals surface area contributed by atoms with Crippen LogP contribution in [-0.4, -0.2) is 61.5 Å². The van der Waals surface area contributed by atoms with E-state index in [0.717, 1.165) is 44.8 Å². The van der Waals surface area contributed by atoms with Crippen molar-refractivity contribution in [1.82, 2.24) is 9.80 Å². The smallest absolute Gasteiger partial charge is 0.237 e. The van der Waals surface area contributed by atoms with Gasteiger partial charge in [0.05, 0.1) is 6.54 Å². The number of carbonyl (C=O) groups is 1. The van der Waals surface area contributed by atoms with Gasteiger partial charge in [0.25, 0.3) is 0 Å². The molecule has 0 spiro atoms. The number of hydrogen-bond acceptors (Lipinski definition) is 3.